The lowest BCUT2D eigenvalue weighted by Crippen LogP contribution is -2.61. The molecule has 16 aromatic carbocycles. The van der Waals surface area contributed by atoms with Crippen LogP contribution in [0.15, 0.2) is 385 Å². The number of fused-ring (bicyclic) bond motifs is 14. The van der Waals surface area contributed by atoms with Crippen LogP contribution in [0.2, 0.25) is 0 Å². The lowest BCUT2D eigenvalue weighted by molar-refractivity contribution is 0.669. The molecule has 0 amide bonds. The summed E-state index contributed by atoms with van der Waals surface area (Å²) in [4.78, 5) is 14.6. The molecule has 106 heavy (non-hydrogen) atoms. The highest BCUT2D eigenvalue weighted by atomic mass is 16.3. The van der Waals surface area contributed by atoms with Gasteiger partial charge in [-0.3, -0.25) is 0 Å². The molecule has 0 saturated carbocycles. The third kappa shape index (κ3) is 9.10. The quantitative estimate of drug-likeness (QED) is 0.119. The van der Waals surface area contributed by atoms with Gasteiger partial charge in [0.15, 0.2) is 5.58 Å². The maximum atomic E-state index is 7.21. The van der Waals surface area contributed by atoms with Crippen molar-refractivity contribution >= 4 is 192 Å². The van der Waals surface area contributed by atoms with E-state index in [2.05, 4.69) is 399 Å². The van der Waals surface area contributed by atoms with Crippen LogP contribution in [0.4, 0.5) is 102 Å². The summed E-state index contributed by atoms with van der Waals surface area (Å²) in [6.45, 7) is -0.100. The number of hydrogen-bond donors (Lipinski definition) is 0. The first-order valence-electron chi connectivity index (χ1n) is 36.4. The Labute approximate surface area is 614 Å². The normalized spacial score (nSPS) is 13.0. The molecule has 2 aromatic heterocycles. The second-order valence-electron chi connectivity index (χ2n) is 27.8. The highest BCUT2D eigenvalue weighted by Crippen LogP contribution is 2.51. The highest BCUT2D eigenvalue weighted by molar-refractivity contribution is 7.01. The van der Waals surface area contributed by atoms with Crippen molar-refractivity contribution in [3.63, 3.8) is 0 Å². The monoisotopic (exact) mass is 1350 g/mol. The molecule has 0 aliphatic carbocycles. The molecule has 0 unspecified atom stereocenters. The second-order valence-corrected chi connectivity index (χ2v) is 27.8. The molecule has 0 fully saturated rings. The summed E-state index contributed by atoms with van der Waals surface area (Å²) in [5.41, 5.74) is 32.5. The molecule has 4 aliphatic heterocycles. The van der Waals surface area contributed by atoms with Gasteiger partial charge in [-0.15, -0.1) is 0 Å². The van der Waals surface area contributed by atoms with Gasteiger partial charge in [0.25, 0.3) is 13.4 Å². The van der Waals surface area contributed by atoms with Gasteiger partial charge < -0.3 is 38.2 Å². The zero-order valence-corrected chi connectivity index (χ0v) is 57.5. The van der Waals surface area contributed by atoms with E-state index < -0.39 is 0 Å². The molecule has 0 saturated heterocycles. The number of anilines is 18. The summed E-state index contributed by atoms with van der Waals surface area (Å²) in [6, 6.07) is 137. The van der Waals surface area contributed by atoms with Crippen molar-refractivity contribution in [3.8, 4) is 11.1 Å². The van der Waals surface area contributed by atoms with Crippen molar-refractivity contribution in [1.29, 1.82) is 0 Å². The highest BCUT2D eigenvalue weighted by Gasteiger charge is 2.46. The maximum absolute atomic E-state index is 7.21. The van der Waals surface area contributed by atoms with Gasteiger partial charge in [-0.05, 0) is 202 Å². The summed E-state index contributed by atoms with van der Waals surface area (Å²) in [7, 11) is 0. The first-order valence-corrected chi connectivity index (χ1v) is 36.4. The standard InChI is InChI=1S/C96H62B2N6O2/c1-6-28-64(29-7-1)99(71-53-56-80-89(61-71)103(68-36-14-5-15-37-68)86-49-25-47-84-93(86)97(80)78-43-17-19-45-82(78)101(84)66-32-10-3-11-33-66)70-55-58-92-77(60-70)76-41-23-40-73(95(76)105-92)63-27-22-38-69(59-63)104-87-50-26-48-85-94(87)98(79-44-18-20-46-83(79)102(85)67-34-12-4-13-35-67)81-57-54-72(62-90(81)104)100(65-30-8-2-9-31-65)88-51-24-42-75-74-39-16-21-52-91(74)106-96(75)88/h1-62H. The number of hydrogen-bond acceptors (Lipinski definition) is 8. The predicted molar refractivity (Wildman–Crippen MR) is 444 cm³/mol. The maximum Gasteiger partial charge on any atom is 0.252 e. The van der Waals surface area contributed by atoms with Crippen LogP contribution in [0.25, 0.3) is 55.0 Å². The summed E-state index contributed by atoms with van der Waals surface area (Å²) >= 11 is 0. The van der Waals surface area contributed by atoms with Crippen LogP contribution in [0.1, 0.15) is 0 Å². The van der Waals surface area contributed by atoms with Crippen molar-refractivity contribution < 1.29 is 8.83 Å². The first kappa shape index (κ1) is 59.7. The molecule has 4 aliphatic rings. The molecule has 0 atom stereocenters. The fraction of sp³-hybridized carbons (Fsp3) is 0. The van der Waals surface area contributed by atoms with Gasteiger partial charge in [0.2, 0.25) is 0 Å². The molecule has 6 heterocycles. The van der Waals surface area contributed by atoms with E-state index in [1.54, 1.807) is 0 Å². The number of rotatable bonds is 11. The molecular formula is C96H62B2N6O2. The van der Waals surface area contributed by atoms with Crippen molar-refractivity contribution in [1.82, 2.24) is 0 Å². The van der Waals surface area contributed by atoms with Gasteiger partial charge in [-0.25, -0.2) is 0 Å². The average Bonchev–Trinajstić information content (AvgIpc) is 1.01. The van der Waals surface area contributed by atoms with E-state index in [0.717, 1.165) is 140 Å². The van der Waals surface area contributed by atoms with Gasteiger partial charge in [-0.2, -0.15) is 0 Å². The van der Waals surface area contributed by atoms with Crippen LogP contribution >= 0.6 is 0 Å². The van der Waals surface area contributed by atoms with E-state index in [1.807, 2.05) is 6.07 Å². The van der Waals surface area contributed by atoms with E-state index >= 15 is 0 Å². The minimum absolute atomic E-state index is 0.0178. The summed E-state index contributed by atoms with van der Waals surface area (Å²) in [6.07, 6.45) is 0. The predicted octanol–water partition coefficient (Wildman–Crippen LogP) is 22.3. The molecule has 0 radical (unpaired) electrons. The molecule has 0 N–H and O–H groups in total. The third-order valence-corrected chi connectivity index (χ3v) is 22.1. The summed E-state index contributed by atoms with van der Waals surface area (Å²) in [5.74, 6) is 0. The number of benzene rings is 16. The first-order chi connectivity index (χ1) is 52.6. The van der Waals surface area contributed by atoms with Crippen LogP contribution in [0.5, 0.6) is 0 Å². The van der Waals surface area contributed by atoms with Crippen molar-refractivity contribution in [2.75, 3.05) is 29.4 Å². The lowest BCUT2D eigenvalue weighted by Gasteiger charge is -2.44. The fourth-order valence-corrected chi connectivity index (χ4v) is 17.8. The smallest absolute Gasteiger partial charge is 0.252 e. The molecular weight excluding hydrogens is 1290 g/mol. The molecule has 0 bridgehead atoms. The molecule has 8 nitrogen and oxygen atoms in total. The third-order valence-electron chi connectivity index (χ3n) is 22.1. The zero-order valence-electron chi connectivity index (χ0n) is 57.5. The Hall–Kier alpha value is -14.0. The van der Waals surface area contributed by atoms with Crippen LogP contribution in [0.3, 0.4) is 0 Å². The van der Waals surface area contributed by atoms with E-state index in [-0.39, 0.29) is 13.4 Å². The van der Waals surface area contributed by atoms with Gasteiger partial charge >= 0.3 is 0 Å². The number of furan rings is 2. The Morgan fingerprint density at radius 1 is 0.226 bits per heavy atom. The SMILES string of the molecule is c1ccc(N(c2ccc3c(c2)N(c2ccccc2)c2cccc4c2B3c2ccccc2N4c2ccccc2)c2ccc3oc4c(-c5cccc(N6c7cc(N(c8ccccc8)c8cccc9c8oc8ccccc89)ccc7B7c8ccccc8N(c8ccccc8)c8cccc6c87)c5)cccc4c3c2)cc1. The van der Waals surface area contributed by atoms with E-state index in [9.17, 15) is 0 Å². The lowest BCUT2D eigenvalue weighted by atomic mass is 9.33. The molecule has 0 spiro atoms. The van der Waals surface area contributed by atoms with Crippen LogP contribution in [0, 0.1) is 0 Å². The van der Waals surface area contributed by atoms with Gasteiger partial charge in [0.05, 0.1) is 5.69 Å². The van der Waals surface area contributed by atoms with Gasteiger partial charge in [0.1, 0.15) is 16.7 Å². The number of para-hydroxylation sites is 10. The van der Waals surface area contributed by atoms with Gasteiger partial charge in [0, 0.05) is 124 Å². The minimum atomic E-state index is -0.0823. The molecule has 18 aromatic rings. The Morgan fingerprint density at radius 3 is 1.20 bits per heavy atom. The second kappa shape index (κ2) is 23.8. The van der Waals surface area contributed by atoms with Crippen LogP contribution < -0.4 is 62.2 Å². The van der Waals surface area contributed by atoms with Gasteiger partial charge in [-0.1, -0.05) is 212 Å². The van der Waals surface area contributed by atoms with Crippen molar-refractivity contribution in [2.45, 2.75) is 0 Å². The molecule has 494 valence electrons. The fourth-order valence-electron chi connectivity index (χ4n) is 17.8. The summed E-state index contributed by atoms with van der Waals surface area (Å²) in [5, 5.41) is 4.23. The van der Waals surface area contributed by atoms with Crippen molar-refractivity contribution in [2.24, 2.45) is 0 Å². The van der Waals surface area contributed by atoms with Crippen LogP contribution in [-0.2, 0) is 0 Å². The summed E-state index contributed by atoms with van der Waals surface area (Å²) < 4.78 is 14.1. The van der Waals surface area contributed by atoms with Crippen molar-refractivity contribution in [3.05, 3.63) is 376 Å². The Bertz CT molecular complexity index is 6550. The topological polar surface area (TPSA) is 45.7 Å². The molecule has 22 rings (SSSR count). The van der Waals surface area contributed by atoms with E-state index in [4.69, 9.17) is 8.83 Å². The average molecular weight is 1350 g/mol. The number of nitrogens with zero attached hydrogens (tertiary/aromatic N) is 6. The minimum Gasteiger partial charge on any atom is -0.455 e. The Balaban J connectivity index is 0.693. The Kier molecular flexibility index (Phi) is 13.4. The van der Waals surface area contributed by atoms with E-state index in [0.29, 0.717) is 0 Å². The largest absolute Gasteiger partial charge is 0.455 e. The van der Waals surface area contributed by atoms with Crippen LogP contribution in [-0.4, -0.2) is 13.4 Å². The zero-order chi connectivity index (χ0) is 69.5. The Morgan fingerprint density at radius 2 is 0.613 bits per heavy atom. The van der Waals surface area contributed by atoms with E-state index in [1.165, 1.54) is 49.8 Å². The molecule has 10 heteroatoms.